The summed E-state index contributed by atoms with van der Waals surface area (Å²) in [7, 11) is 0. The maximum atomic E-state index is 5.71. The summed E-state index contributed by atoms with van der Waals surface area (Å²) in [5.41, 5.74) is 3.21. The normalized spacial score (nSPS) is 30.3. The highest BCUT2D eigenvalue weighted by Crippen LogP contribution is 2.16. The smallest absolute Gasteiger partial charge is 0.0277 e. The van der Waals surface area contributed by atoms with Gasteiger partial charge in [-0.1, -0.05) is 18.5 Å². The number of nitrogens with one attached hydrogen (secondary N) is 1. The van der Waals surface area contributed by atoms with E-state index in [4.69, 9.17) is 11.6 Å². The second kappa shape index (κ2) is 5.88. The molecule has 88 valence electrons. The molecule has 3 heteroatoms. The van der Waals surface area contributed by atoms with Crippen LogP contribution in [-0.4, -0.2) is 36.6 Å². The first-order valence-electron chi connectivity index (χ1n) is 5.83. The zero-order valence-corrected chi connectivity index (χ0v) is 10.9. The standard InChI is InChI=1S/C12H23ClN2/c1-4-12(3)10-15(7-5-6-14-12)9-11(2)8-13/h8,14H,4-7,9-10H2,1-3H3. The van der Waals surface area contributed by atoms with Crippen LogP contribution in [0.5, 0.6) is 0 Å². The van der Waals surface area contributed by atoms with Gasteiger partial charge >= 0.3 is 0 Å². The highest BCUT2D eigenvalue weighted by Gasteiger charge is 2.26. The first-order valence-corrected chi connectivity index (χ1v) is 6.26. The number of halogens is 1. The molecular weight excluding hydrogens is 208 g/mol. The van der Waals surface area contributed by atoms with Crippen LogP contribution in [0.1, 0.15) is 33.6 Å². The van der Waals surface area contributed by atoms with Crippen LogP contribution >= 0.6 is 11.6 Å². The maximum absolute atomic E-state index is 5.71. The lowest BCUT2D eigenvalue weighted by atomic mass is 9.98. The van der Waals surface area contributed by atoms with Crippen molar-refractivity contribution in [2.75, 3.05) is 26.2 Å². The first-order chi connectivity index (χ1) is 7.09. The van der Waals surface area contributed by atoms with E-state index in [0.717, 1.165) is 19.6 Å². The molecule has 0 aromatic carbocycles. The topological polar surface area (TPSA) is 15.3 Å². The zero-order valence-electron chi connectivity index (χ0n) is 10.1. The molecule has 15 heavy (non-hydrogen) atoms. The van der Waals surface area contributed by atoms with Crippen LogP contribution in [0.2, 0.25) is 0 Å². The van der Waals surface area contributed by atoms with Crippen molar-refractivity contribution in [3.8, 4) is 0 Å². The lowest BCUT2D eigenvalue weighted by Crippen LogP contribution is -2.48. The van der Waals surface area contributed by atoms with Crippen LogP contribution in [0.25, 0.3) is 0 Å². The van der Waals surface area contributed by atoms with Gasteiger partial charge in [-0.3, -0.25) is 4.90 Å². The van der Waals surface area contributed by atoms with Gasteiger partial charge in [-0.25, -0.2) is 0 Å². The van der Waals surface area contributed by atoms with Crippen molar-refractivity contribution >= 4 is 11.6 Å². The van der Waals surface area contributed by atoms with Crippen molar-refractivity contribution in [3.63, 3.8) is 0 Å². The van der Waals surface area contributed by atoms with Crippen LogP contribution in [-0.2, 0) is 0 Å². The quantitative estimate of drug-likeness (QED) is 0.802. The Morgan fingerprint density at radius 1 is 1.60 bits per heavy atom. The molecule has 0 amide bonds. The molecule has 1 aliphatic heterocycles. The summed E-state index contributed by atoms with van der Waals surface area (Å²) in [5.74, 6) is 0. The number of hydrogen-bond acceptors (Lipinski definition) is 2. The summed E-state index contributed by atoms with van der Waals surface area (Å²) >= 11 is 5.71. The third kappa shape index (κ3) is 4.13. The average Bonchev–Trinajstić information content (AvgIpc) is 2.41. The molecule has 0 saturated carbocycles. The van der Waals surface area contributed by atoms with Crippen molar-refractivity contribution in [2.24, 2.45) is 0 Å². The van der Waals surface area contributed by atoms with E-state index in [1.54, 1.807) is 5.54 Å². The minimum Gasteiger partial charge on any atom is -0.310 e. The Morgan fingerprint density at radius 2 is 2.33 bits per heavy atom. The maximum Gasteiger partial charge on any atom is 0.0277 e. The predicted octanol–water partition coefficient (Wildman–Crippen LogP) is 2.59. The van der Waals surface area contributed by atoms with Gasteiger partial charge < -0.3 is 5.32 Å². The van der Waals surface area contributed by atoms with E-state index in [9.17, 15) is 0 Å². The molecule has 1 heterocycles. The summed E-state index contributed by atoms with van der Waals surface area (Å²) in [6.45, 7) is 11.1. The molecule has 0 radical (unpaired) electrons. The Hall–Kier alpha value is -0.0500. The predicted molar refractivity (Wildman–Crippen MR) is 67.4 cm³/mol. The van der Waals surface area contributed by atoms with E-state index in [-0.39, 0.29) is 5.54 Å². The molecule has 1 atom stereocenters. The van der Waals surface area contributed by atoms with E-state index in [0.29, 0.717) is 0 Å². The molecule has 1 rings (SSSR count). The Labute approximate surface area is 98.7 Å². The van der Waals surface area contributed by atoms with Crippen LogP contribution in [0.4, 0.5) is 0 Å². The van der Waals surface area contributed by atoms with Crippen molar-refractivity contribution < 1.29 is 0 Å². The molecule has 0 aliphatic carbocycles. The van der Waals surface area contributed by atoms with Gasteiger partial charge in [0.1, 0.15) is 0 Å². The summed E-state index contributed by atoms with van der Waals surface area (Å²) in [5, 5.41) is 3.63. The van der Waals surface area contributed by atoms with E-state index in [1.807, 2.05) is 0 Å². The molecule has 1 fully saturated rings. The van der Waals surface area contributed by atoms with Gasteiger partial charge in [-0.2, -0.15) is 0 Å². The fourth-order valence-corrected chi connectivity index (χ4v) is 2.15. The zero-order chi connectivity index (χ0) is 11.3. The summed E-state index contributed by atoms with van der Waals surface area (Å²) in [4.78, 5) is 2.50. The fourth-order valence-electron chi connectivity index (χ4n) is 2.08. The Bertz CT molecular complexity index is 228. The number of hydrogen-bond donors (Lipinski definition) is 1. The lowest BCUT2D eigenvalue weighted by molar-refractivity contribution is 0.229. The van der Waals surface area contributed by atoms with Gasteiger partial charge in [0.05, 0.1) is 0 Å². The molecule has 1 saturated heterocycles. The highest BCUT2D eigenvalue weighted by atomic mass is 35.5. The molecule has 0 bridgehead atoms. The number of nitrogens with zero attached hydrogens (tertiary/aromatic N) is 1. The molecule has 0 aromatic heterocycles. The first kappa shape index (κ1) is 13.0. The third-order valence-electron chi connectivity index (χ3n) is 3.22. The number of rotatable bonds is 3. The SMILES string of the molecule is CCC1(C)CN(CC(C)=CCl)CCCN1. The molecule has 1 N–H and O–H groups in total. The van der Waals surface area contributed by atoms with E-state index in [1.165, 1.54) is 25.0 Å². The van der Waals surface area contributed by atoms with Gasteiger partial charge in [0.2, 0.25) is 0 Å². The molecule has 1 unspecified atom stereocenters. The van der Waals surface area contributed by atoms with Crippen LogP contribution < -0.4 is 5.32 Å². The molecule has 2 nitrogen and oxygen atoms in total. The molecular formula is C12H23ClN2. The minimum absolute atomic E-state index is 0.267. The highest BCUT2D eigenvalue weighted by molar-refractivity contribution is 6.25. The van der Waals surface area contributed by atoms with Crippen LogP contribution in [0, 0.1) is 0 Å². The molecule has 0 aromatic rings. The Kier molecular flexibility index (Phi) is 5.10. The van der Waals surface area contributed by atoms with Gasteiger partial charge in [0, 0.05) is 24.2 Å². The Balaban J connectivity index is 2.57. The lowest BCUT2D eigenvalue weighted by Gasteiger charge is -2.32. The molecule has 0 spiro atoms. The average molecular weight is 231 g/mol. The van der Waals surface area contributed by atoms with Crippen LogP contribution in [0.3, 0.4) is 0 Å². The minimum atomic E-state index is 0.267. The van der Waals surface area contributed by atoms with E-state index in [2.05, 4.69) is 31.0 Å². The summed E-state index contributed by atoms with van der Waals surface area (Å²) in [6, 6.07) is 0. The largest absolute Gasteiger partial charge is 0.310 e. The van der Waals surface area contributed by atoms with Crippen molar-refractivity contribution in [1.82, 2.24) is 10.2 Å². The van der Waals surface area contributed by atoms with E-state index < -0.39 is 0 Å². The third-order valence-corrected chi connectivity index (χ3v) is 3.59. The second-order valence-electron chi connectivity index (χ2n) is 4.86. The summed E-state index contributed by atoms with van der Waals surface area (Å²) < 4.78 is 0. The van der Waals surface area contributed by atoms with Crippen molar-refractivity contribution in [2.45, 2.75) is 39.2 Å². The van der Waals surface area contributed by atoms with Gasteiger partial charge in [-0.15, -0.1) is 0 Å². The van der Waals surface area contributed by atoms with Gasteiger partial charge in [0.25, 0.3) is 0 Å². The van der Waals surface area contributed by atoms with E-state index >= 15 is 0 Å². The summed E-state index contributed by atoms with van der Waals surface area (Å²) in [6.07, 6.45) is 2.40. The van der Waals surface area contributed by atoms with Gasteiger partial charge in [0.15, 0.2) is 0 Å². The molecule has 1 aliphatic rings. The Morgan fingerprint density at radius 3 is 2.93 bits per heavy atom. The van der Waals surface area contributed by atoms with Crippen molar-refractivity contribution in [3.05, 3.63) is 11.1 Å². The fraction of sp³-hybridized carbons (Fsp3) is 0.833. The van der Waals surface area contributed by atoms with Gasteiger partial charge in [-0.05, 0) is 45.4 Å². The van der Waals surface area contributed by atoms with Crippen LogP contribution in [0.15, 0.2) is 11.1 Å². The monoisotopic (exact) mass is 230 g/mol. The second-order valence-corrected chi connectivity index (χ2v) is 5.08. The van der Waals surface area contributed by atoms with Crippen molar-refractivity contribution in [1.29, 1.82) is 0 Å².